The molecule has 6 nitrogen and oxygen atoms in total. The Morgan fingerprint density at radius 3 is 2.95 bits per heavy atom. The number of carbonyl (C=O) groups is 2. The lowest BCUT2D eigenvalue weighted by Crippen LogP contribution is -2.42. The third-order valence-corrected chi connectivity index (χ3v) is 4.30. The topological polar surface area (TPSA) is 62.7 Å². The SMILES string of the molecule is CCOC(=O)c1nc(C(=O)N2CCCN(C)CC2C)cs1. The highest BCUT2D eigenvalue weighted by molar-refractivity contribution is 7.11. The van der Waals surface area contributed by atoms with Crippen LogP contribution in [-0.4, -0.2) is 66.0 Å². The molecule has 1 aromatic rings. The maximum atomic E-state index is 12.6. The number of nitrogens with zero attached hydrogens (tertiary/aromatic N) is 3. The van der Waals surface area contributed by atoms with E-state index in [9.17, 15) is 9.59 Å². The van der Waals surface area contributed by atoms with Crippen LogP contribution in [0.25, 0.3) is 0 Å². The lowest BCUT2D eigenvalue weighted by molar-refractivity contribution is 0.0526. The van der Waals surface area contributed by atoms with Crippen LogP contribution in [0.2, 0.25) is 0 Å². The third kappa shape index (κ3) is 3.79. The van der Waals surface area contributed by atoms with E-state index in [1.54, 1.807) is 12.3 Å². The Morgan fingerprint density at radius 1 is 1.48 bits per heavy atom. The molecule has 1 fully saturated rings. The molecule has 0 aliphatic carbocycles. The summed E-state index contributed by atoms with van der Waals surface area (Å²) < 4.78 is 4.90. The second kappa shape index (κ2) is 7.00. The van der Waals surface area contributed by atoms with Crippen molar-refractivity contribution in [2.75, 3.05) is 33.3 Å². The number of hydrogen-bond acceptors (Lipinski definition) is 6. The van der Waals surface area contributed by atoms with Gasteiger partial charge in [-0.15, -0.1) is 11.3 Å². The average Bonchev–Trinajstić information content (AvgIpc) is 2.86. The van der Waals surface area contributed by atoms with Gasteiger partial charge in [0, 0.05) is 24.5 Å². The van der Waals surface area contributed by atoms with Gasteiger partial charge in [0.1, 0.15) is 5.69 Å². The second-order valence-electron chi connectivity index (χ2n) is 5.22. The van der Waals surface area contributed by atoms with Crippen molar-refractivity contribution in [3.63, 3.8) is 0 Å². The molecular formula is C14H21N3O3S. The normalized spacial score (nSPS) is 20.1. The van der Waals surface area contributed by atoms with Crippen LogP contribution in [0.3, 0.4) is 0 Å². The first-order valence-corrected chi connectivity index (χ1v) is 8.03. The quantitative estimate of drug-likeness (QED) is 0.791. The monoisotopic (exact) mass is 311 g/mol. The summed E-state index contributed by atoms with van der Waals surface area (Å²) in [6.07, 6.45) is 0.946. The summed E-state index contributed by atoms with van der Waals surface area (Å²) in [4.78, 5) is 32.4. The molecule has 0 saturated carbocycles. The molecule has 1 aromatic heterocycles. The van der Waals surface area contributed by atoms with Crippen molar-refractivity contribution in [1.82, 2.24) is 14.8 Å². The van der Waals surface area contributed by atoms with Gasteiger partial charge in [0.2, 0.25) is 5.01 Å². The molecule has 0 spiro atoms. The summed E-state index contributed by atoms with van der Waals surface area (Å²) in [6, 6.07) is 0.137. The Kier molecular flexibility index (Phi) is 5.30. The van der Waals surface area contributed by atoms with Gasteiger partial charge in [-0.3, -0.25) is 4.79 Å². The van der Waals surface area contributed by atoms with Crippen LogP contribution in [0, 0.1) is 0 Å². The second-order valence-corrected chi connectivity index (χ2v) is 6.08. The number of hydrogen-bond donors (Lipinski definition) is 0. The van der Waals surface area contributed by atoms with E-state index in [0.717, 1.165) is 37.4 Å². The zero-order chi connectivity index (χ0) is 15.4. The van der Waals surface area contributed by atoms with Crippen molar-refractivity contribution in [1.29, 1.82) is 0 Å². The largest absolute Gasteiger partial charge is 0.461 e. The fourth-order valence-corrected chi connectivity index (χ4v) is 3.16. The summed E-state index contributed by atoms with van der Waals surface area (Å²) >= 11 is 1.15. The smallest absolute Gasteiger partial charge is 0.367 e. The molecule has 1 unspecified atom stereocenters. The highest BCUT2D eigenvalue weighted by Crippen LogP contribution is 2.16. The lowest BCUT2D eigenvalue weighted by Gasteiger charge is -2.27. The zero-order valence-electron chi connectivity index (χ0n) is 12.7. The Labute approximate surface area is 128 Å². The molecule has 21 heavy (non-hydrogen) atoms. The minimum Gasteiger partial charge on any atom is -0.461 e. The number of thiazole rings is 1. The van der Waals surface area contributed by atoms with E-state index < -0.39 is 5.97 Å². The van der Waals surface area contributed by atoms with Crippen molar-refractivity contribution < 1.29 is 14.3 Å². The van der Waals surface area contributed by atoms with Crippen LogP contribution in [-0.2, 0) is 4.74 Å². The van der Waals surface area contributed by atoms with Crippen LogP contribution < -0.4 is 0 Å². The van der Waals surface area contributed by atoms with Crippen LogP contribution >= 0.6 is 11.3 Å². The molecule has 1 atom stereocenters. The zero-order valence-corrected chi connectivity index (χ0v) is 13.5. The van der Waals surface area contributed by atoms with Gasteiger partial charge in [-0.05, 0) is 33.9 Å². The minimum absolute atomic E-state index is 0.107. The minimum atomic E-state index is -0.467. The Balaban J connectivity index is 2.10. The summed E-state index contributed by atoms with van der Waals surface area (Å²) in [5, 5.41) is 1.87. The van der Waals surface area contributed by atoms with E-state index in [1.807, 2.05) is 11.8 Å². The summed E-state index contributed by atoms with van der Waals surface area (Å²) in [5.41, 5.74) is 0.333. The fourth-order valence-electron chi connectivity index (χ4n) is 2.48. The Morgan fingerprint density at radius 2 is 2.24 bits per heavy atom. The molecule has 7 heteroatoms. The van der Waals surface area contributed by atoms with E-state index in [0.29, 0.717) is 12.3 Å². The van der Waals surface area contributed by atoms with E-state index in [4.69, 9.17) is 4.74 Å². The van der Waals surface area contributed by atoms with Crippen molar-refractivity contribution in [3.8, 4) is 0 Å². The number of likely N-dealkylation sites (N-methyl/N-ethyl adjacent to an activating group) is 1. The molecule has 116 valence electrons. The summed E-state index contributed by atoms with van der Waals surface area (Å²) in [5.74, 6) is -0.574. The van der Waals surface area contributed by atoms with E-state index in [-0.39, 0.29) is 17.0 Å². The average molecular weight is 311 g/mol. The number of rotatable bonds is 3. The third-order valence-electron chi connectivity index (χ3n) is 3.48. The van der Waals surface area contributed by atoms with Gasteiger partial charge in [-0.25, -0.2) is 9.78 Å². The number of aromatic nitrogens is 1. The van der Waals surface area contributed by atoms with Gasteiger partial charge in [0.25, 0.3) is 5.91 Å². The summed E-state index contributed by atoms with van der Waals surface area (Å²) in [6.45, 7) is 6.64. The van der Waals surface area contributed by atoms with E-state index >= 15 is 0 Å². The number of ether oxygens (including phenoxy) is 1. The molecule has 2 rings (SSSR count). The fraction of sp³-hybridized carbons (Fsp3) is 0.643. The molecule has 0 radical (unpaired) electrons. The molecule has 1 amide bonds. The number of amides is 1. The van der Waals surface area contributed by atoms with Gasteiger partial charge < -0.3 is 14.5 Å². The van der Waals surface area contributed by atoms with Crippen LogP contribution in [0.5, 0.6) is 0 Å². The van der Waals surface area contributed by atoms with Crippen LogP contribution in [0.1, 0.15) is 40.6 Å². The molecule has 0 N–H and O–H groups in total. The maximum absolute atomic E-state index is 12.6. The highest BCUT2D eigenvalue weighted by atomic mass is 32.1. The molecule has 1 saturated heterocycles. The van der Waals surface area contributed by atoms with Crippen molar-refractivity contribution >= 4 is 23.2 Å². The molecule has 1 aliphatic heterocycles. The highest BCUT2D eigenvalue weighted by Gasteiger charge is 2.27. The first kappa shape index (κ1) is 15.9. The number of carbonyl (C=O) groups excluding carboxylic acids is 2. The number of esters is 1. The van der Waals surface area contributed by atoms with Crippen molar-refractivity contribution in [2.45, 2.75) is 26.3 Å². The Bertz CT molecular complexity index is 517. The molecule has 0 aromatic carbocycles. The maximum Gasteiger partial charge on any atom is 0.367 e. The first-order chi connectivity index (χ1) is 10.0. The molecule has 0 bridgehead atoms. The predicted octanol–water partition coefficient (Wildman–Crippen LogP) is 1.49. The van der Waals surface area contributed by atoms with Crippen molar-refractivity contribution in [3.05, 3.63) is 16.1 Å². The standard InChI is InChI=1S/C14H21N3O3S/c1-4-20-14(19)12-15-11(9-21-12)13(18)17-7-5-6-16(3)8-10(17)2/h9-10H,4-8H2,1-3H3. The molecule has 1 aliphatic rings. The van der Waals surface area contributed by atoms with Gasteiger partial charge in [-0.2, -0.15) is 0 Å². The molecular weight excluding hydrogens is 290 g/mol. The van der Waals surface area contributed by atoms with Crippen LogP contribution in [0.15, 0.2) is 5.38 Å². The van der Waals surface area contributed by atoms with E-state index in [1.165, 1.54) is 0 Å². The lowest BCUT2D eigenvalue weighted by atomic mass is 10.2. The van der Waals surface area contributed by atoms with Gasteiger partial charge in [0.05, 0.1) is 6.61 Å². The summed E-state index contributed by atoms with van der Waals surface area (Å²) in [7, 11) is 2.06. The van der Waals surface area contributed by atoms with Crippen molar-refractivity contribution in [2.24, 2.45) is 0 Å². The van der Waals surface area contributed by atoms with Gasteiger partial charge >= 0.3 is 5.97 Å². The van der Waals surface area contributed by atoms with Gasteiger partial charge in [-0.1, -0.05) is 0 Å². The molecule has 2 heterocycles. The van der Waals surface area contributed by atoms with Crippen LogP contribution in [0.4, 0.5) is 0 Å². The van der Waals surface area contributed by atoms with E-state index in [2.05, 4.69) is 16.9 Å². The van der Waals surface area contributed by atoms with Gasteiger partial charge in [0.15, 0.2) is 0 Å². The predicted molar refractivity (Wildman–Crippen MR) is 80.7 cm³/mol. The Hall–Kier alpha value is -1.47. The first-order valence-electron chi connectivity index (χ1n) is 7.15.